The molecule has 1 aromatic carbocycles. The Morgan fingerprint density at radius 1 is 1.47 bits per heavy atom. The molecule has 1 heterocycles. The monoisotopic (exact) mass is 242 g/mol. The molecule has 0 radical (unpaired) electrons. The van der Waals surface area contributed by atoms with E-state index in [2.05, 4.69) is 4.98 Å². The number of aromatic nitrogens is 1. The third-order valence-electron chi connectivity index (χ3n) is 2.12. The van der Waals surface area contributed by atoms with Crippen LogP contribution in [0.3, 0.4) is 0 Å². The minimum absolute atomic E-state index is 0.104. The van der Waals surface area contributed by atoms with Gasteiger partial charge in [0.2, 0.25) is 0 Å². The van der Waals surface area contributed by atoms with Crippen molar-refractivity contribution in [2.75, 3.05) is 11.5 Å². The maximum absolute atomic E-state index is 11.6. The summed E-state index contributed by atoms with van der Waals surface area (Å²) in [6, 6.07) is 4.88. The molecule has 2 N–H and O–H groups in total. The van der Waals surface area contributed by atoms with Gasteiger partial charge < -0.3 is 5.73 Å². The van der Waals surface area contributed by atoms with Gasteiger partial charge in [0.1, 0.15) is 0 Å². The fourth-order valence-electron chi connectivity index (χ4n) is 1.28. The number of anilines is 1. The van der Waals surface area contributed by atoms with Gasteiger partial charge in [-0.3, -0.25) is 0 Å². The van der Waals surface area contributed by atoms with Crippen LogP contribution in [0.5, 0.6) is 0 Å². The molecule has 0 atom stereocenters. The van der Waals surface area contributed by atoms with Gasteiger partial charge in [0.05, 0.1) is 20.9 Å². The molecule has 0 bridgehead atoms. The summed E-state index contributed by atoms with van der Waals surface area (Å²) in [7, 11) is -3.14. The molecular formula is C9H10N2O2S2. The summed E-state index contributed by atoms with van der Waals surface area (Å²) in [5, 5.41) is 0.455. The summed E-state index contributed by atoms with van der Waals surface area (Å²) in [4.78, 5) is 4.40. The van der Waals surface area contributed by atoms with E-state index in [1.807, 2.05) is 0 Å². The Balaban J connectivity index is 2.66. The van der Waals surface area contributed by atoms with Crippen LogP contribution in [0.15, 0.2) is 23.1 Å². The van der Waals surface area contributed by atoms with Crippen molar-refractivity contribution < 1.29 is 8.42 Å². The Morgan fingerprint density at radius 2 is 2.20 bits per heavy atom. The van der Waals surface area contributed by atoms with Crippen LogP contribution in [-0.4, -0.2) is 19.2 Å². The van der Waals surface area contributed by atoms with E-state index >= 15 is 0 Å². The first-order chi connectivity index (χ1) is 7.03. The lowest BCUT2D eigenvalue weighted by Gasteiger charge is -1.99. The average Bonchev–Trinajstić information content (AvgIpc) is 2.56. The standard InChI is InChI=1S/C9H10N2O2S2/c1-2-15(12,13)6-3-4-7-8(5-6)14-9(10)11-7/h3-5H,2H2,1H3,(H2,10,11). The van der Waals surface area contributed by atoms with Crippen molar-refractivity contribution in [3.8, 4) is 0 Å². The molecule has 0 aliphatic rings. The quantitative estimate of drug-likeness (QED) is 0.869. The fraction of sp³-hybridized carbons (Fsp3) is 0.222. The number of benzene rings is 1. The van der Waals surface area contributed by atoms with Crippen LogP contribution in [0.2, 0.25) is 0 Å². The average molecular weight is 242 g/mol. The molecular weight excluding hydrogens is 232 g/mol. The summed E-state index contributed by atoms with van der Waals surface area (Å²) in [5.74, 6) is 0.104. The van der Waals surface area contributed by atoms with Crippen molar-refractivity contribution >= 4 is 36.5 Å². The van der Waals surface area contributed by atoms with Gasteiger partial charge in [-0.05, 0) is 18.2 Å². The number of rotatable bonds is 2. The van der Waals surface area contributed by atoms with Crippen LogP contribution in [0.1, 0.15) is 6.92 Å². The first-order valence-electron chi connectivity index (χ1n) is 4.42. The van der Waals surface area contributed by atoms with Gasteiger partial charge in [-0.1, -0.05) is 18.3 Å². The van der Waals surface area contributed by atoms with E-state index in [-0.39, 0.29) is 5.75 Å². The first kappa shape index (κ1) is 10.4. The van der Waals surface area contributed by atoms with Crippen molar-refractivity contribution in [1.29, 1.82) is 0 Å². The van der Waals surface area contributed by atoms with Crippen LogP contribution < -0.4 is 5.73 Å². The third kappa shape index (κ3) is 1.82. The van der Waals surface area contributed by atoms with Crippen molar-refractivity contribution in [3.63, 3.8) is 0 Å². The van der Waals surface area contributed by atoms with E-state index in [1.54, 1.807) is 25.1 Å². The number of nitrogens with zero attached hydrogens (tertiary/aromatic N) is 1. The molecule has 80 valence electrons. The predicted octanol–water partition coefficient (Wildman–Crippen LogP) is 1.67. The lowest BCUT2D eigenvalue weighted by Crippen LogP contribution is -2.02. The normalized spacial score (nSPS) is 12.1. The van der Waals surface area contributed by atoms with Crippen LogP contribution in [-0.2, 0) is 9.84 Å². The molecule has 15 heavy (non-hydrogen) atoms. The molecule has 0 saturated heterocycles. The van der Waals surface area contributed by atoms with Crippen LogP contribution in [0.25, 0.3) is 10.2 Å². The molecule has 6 heteroatoms. The Kier molecular flexibility index (Phi) is 2.40. The third-order valence-corrected chi connectivity index (χ3v) is 4.70. The highest BCUT2D eigenvalue weighted by molar-refractivity contribution is 7.91. The van der Waals surface area contributed by atoms with E-state index in [0.29, 0.717) is 10.0 Å². The fourth-order valence-corrected chi connectivity index (χ4v) is 3.04. The smallest absolute Gasteiger partial charge is 0.181 e. The Labute approximate surface area is 91.7 Å². The Bertz CT molecular complexity index is 602. The number of thiazole rings is 1. The maximum Gasteiger partial charge on any atom is 0.181 e. The number of nitrogens with two attached hydrogens (primary N) is 1. The molecule has 4 nitrogen and oxygen atoms in total. The summed E-state index contributed by atoms with van der Waals surface area (Å²) in [6.45, 7) is 1.63. The molecule has 1 aromatic heterocycles. The van der Waals surface area contributed by atoms with Crippen molar-refractivity contribution in [3.05, 3.63) is 18.2 Å². The van der Waals surface area contributed by atoms with Crippen LogP contribution in [0.4, 0.5) is 5.13 Å². The van der Waals surface area contributed by atoms with E-state index in [9.17, 15) is 8.42 Å². The second-order valence-corrected chi connectivity index (χ2v) is 6.43. The molecule has 0 aliphatic heterocycles. The number of sulfone groups is 1. The number of hydrogen-bond acceptors (Lipinski definition) is 5. The molecule has 0 aliphatic carbocycles. The molecule has 0 amide bonds. The predicted molar refractivity (Wildman–Crippen MR) is 61.8 cm³/mol. The zero-order valence-electron chi connectivity index (χ0n) is 8.10. The molecule has 0 spiro atoms. The van der Waals surface area contributed by atoms with E-state index < -0.39 is 9.84 Å². The molecule has 0 saturated carbocycles. The lowest BCUT2D eigenvalue weighted by molar-refractivity contribution is 0.597. The minimum Gasteiger partial charge on any atom is -0.375 e. The van der Waals surface area contributed by atoms with Gasteiger partial charge in [-0.15, -0.1) is 0 Å². The van der Waals surface area contributed by atoms with Gasteiger partial charge in [-0.25, -0.2) is 13.4 Å². The zero-order valence-corrected chi connectivity index (χ0v) is 9.73. The highest BCUT2D eigenvalue weighted by Crippen LogP contribution is 2.26. The molecule has 0 fully saturated rings. The summed E-state index contributed by atoms with van der Waals surface area (Å²) >= 11 is 1.30. The Hall–Kier alpha value is -1.14. The minimum atomic E-state index is -3.14. The summed E-state index contributed by atoms with van der Waals surface area (Å²) in [5.41, 5.74) is 6.28. The van der Waals surface area contributed by atoms with Gasteiger partial charge >= 0.3 is 0 Å². The highest BCUT2D eigenvalue weighted by atomic mass is 32.2. The number of fused-ring (bicyclic) bond motifs is 1. The summed E-state index contributed by atoms with van der Waals surface area (Å²) < 4.78 is 24.0. The second kappa shape index (κ2) is 3.46. The largest absolute Gasteiger partial charge is 0.375 e. The van der Waals surface area contributed by atoms with Crippen molar-refractivity contribution in [2.24, 2.45) is 0 Å². The highest BCUT2D eigenvalue weighted by Gasteiger charge is 2.12. The molecule has 0 unspecified atom stereocenters. The van der Waals surface area contributed by atoms with Gasteiger partial charge in [0, 0.05) is 0 Å². The van der Waals surface area contributed by atoms with E-state index in [0.717, 1.165) is 10.2 Å². The molecule has 2 rings (SSSR count). The number of nitrogen functional groups attached to an aromatic ring is 1. The van der Waals surface area contributed by atoms with Crippen molar-refractivity contribution in [2.45, 2.75) is 11.8 Å². The summed E-state index contributed by atoms with van der Waals surface area (Å²) in [6.07, 6.45) is 0. The number of hydrogen-bond donors (Lipinski definition) is 1. The Morgan fingerprint density at radius 3 is 2.87 bits per heavy atom. The SMILES string of the molecule is CCS(=O)(=O)c1ccc2nc(N)sc2c1. The first-order valence-corrected chi connectivity index (χ1v) is 6.88. The van der Waals surface area contributed by atoms with Gasteiger partial charge in [0.15, 0.2) is 15.0 Å². The van der Waals surface area contributed by atoms with Gasteiger partial charge in [0.25, 0.3) is 0 Å². The zero-order chi connectivity index (χ0) is 11.1. The van der Waals surface area contributed by atoms with Crippen LogP contribution >= 0.6 is 11.3 Å². The lowest BCUT2D eigenvalue weighted by atomic mass is 10.3. The van der Waals surface area contributed by atoms with E-state index in [1.165, 1.54) is 11.3 Å². The van der Waals surface area contributed by atoms with Crippen LogP contribution in [0, 0.1) is 0 Å². The second-order valence-electron chi connectivity index (χ2n) is 3.09. The topological polar surface area (TPSA) is 73.0 Å². The van der Waals surface area contributed by atoms with E-state index in [4.69, 9.17) is 5.73 Å². The van der Waals surface area contributed by atoms with Gasteiger partial charge in [-0.2, -0.15) is 0 Å². The van der Waals surface area contributed by atoms with Crippen molar-refractivity contribution in [1.82, 2.24) is 4.98 Å². The maximum atomic E-state index is 11.6. The molecule has 2 aromatic rings.